The molecule has 2 aromatic carbocycles. The van der Waals surface area contributed by atoms with Crippen molar-refractivity contribution in [2.45, 2.75) is 13.3 Å². The summed E-state index contributed by atoms with van der Waals surface area (Å²) in [6.07, 6.45) is 2.21. The van der Waals surface area contributed by atoms with E-state index in [2.05, 4.69) is 15.5 Å². The quantitative estimate of drug-likeness (QED) is 0.460. The molecule has 0 aliphatic carbocycles. The summed E-state index contributed by atoms with van der Waals surface area (Å²) >= 11 is 1.28. The molecule has 0 radical (unpaired) electrons. The Kier molecular flexibility index (Phi) is 6.55. The molecule has 0 saturated carbocycles. The summed E-state index contributed by atoms with van der Waals surface area (Å²) in [4.78, 5) is 12.4. The number of aromatic nitrogens is 2. The SMILES string of the molecule is CCc1nnc(NC(=O)/C(C#N)=C/c2ccc(Oc3ccccc3)c(OC)c2)s1. The number of carbonyl (C=O) groups is 1. The van der Waals surface area contributed by atoms with Crippen molar-refractivity contribution in [2.75, 3.05) is 12.4 Å². The number of rotatable bonds is 7. The lowest BCUT2D eigenvalue weighted by atomic mass is 10.1. The molecule has 0 bridgehead atoms. The highest BCUT2D eigenvalue weighted by molar-refractivity contribution is 7.15. The van der Waals surface area contributed by atoms with Crippen LogP contribution in [0.4, 0.5) is 5.13 Å². The predicted octanol–water partition coefficient (Wildman–Crippen LogP) is 4.45. The molecule has 0 atom stereocenters. The lowest BCUT2D eigenvalue weighted by molar-refractivity contribution is -0.112. The van der Waals surface area contributed by atoms with Gasteiger partial charge in [0.2, 0.25) is 5.13 Å². The molecule has 0 spiro atoms. The van der Waals surface area contributed by atoms with Crippen LogP contribution < -0.4 is 14.8 Å². The maximum Gasteiger partial charge on any atom is 0.268 e. The van der Waals surface area contributed by atoms with Gasteiger partial charge in [0.25, 0.3) is 5.91 Å². The number of methoxy groups -OCH3 is 1. The minimum absolute atomic E-state index is 0.0583. The number of hydrogen-bond donors (Lipinski definition) is 1. The summed E-state index contributed by atoms with van der Waals surface area (Å²) in [6.45, 7) is 1.95. The molecule has 3 rings (SSSR count). The Labute approximate surface area is 172 Å². The van der Waals surface area contributed by atoms with Crippen LogP contribution >= 0.6 is 11.3 Å². The van der Waals surface area contributed by atoms with Crippen LogP contribution in [0.25, 0.3) is 6.08 Å². The number of nitriles is 1. The third kappa shape index (κ3) is 5.18. The van der Waals surface area contributed by atoms with Gasteiger partial charge in [0.05, 0.1) is 7.11 Å². The van der Waals surface area contributed by atoms with E-state index in [-0.39, 0.29) is 5.57 Å². The van der Waals surface area contributed by atoms with Gasteiger partial charge in [-0.15, -0.1) is 10.2 Å². The lowest BCUT2D eigenvalue weighted by Gasteiger charge is -2.11. The molecule has 0 saturated heterocycles. The van der Waals surface area contributed by atoms with E-state index in [0.717, 1.165) is 11.4 Å². The first-order valence-electron chi connectivity index (χ1n) is 8.79. The van der Waals surface area contributed by atoms with Crippen molar-refractivity contribution in [1.29, 1.82) is 5.26 Å². The third-order valence-corrected chi connectivity index (χ3v) is 4.81. The van der Waals surface area contributed by atoms with Crippen molar-refractivity contribution in [3.05, 3.63) is 64.7 Å². The fraction of sp³-hybridized carbons (Fsp3) is 0.143. The lowest BCUT2D eigenvalue weighted by Crippen LogP contribution is -2.13. The normalized spacial score (nSPS) is 10.9. The Morgan fingerprint density at radius 2 is 2.00 bits per heavy atom. The molecule has 0 unspecified atom stereocenters. The van der Waals surface area contributed by atoms with E-state index in [0.29, 0.717) is 27.9 Å². The second-order valence-electron chi connectivity index (χ2n) is 5.80. The third-order valence-electron chi connectivity index (χ3n) is 3.82. The number of nitrogens with zero attached hydrogens (tertiary/aromatic N) is 3. The molecule has 1 N–H and O–H groups in total. The molecule has 0 aliphatic heterocycles. The number of hydrogen-bond acceptors (Lipinski definition) is 7. The Balaban J connectivity index is 1.79. The molecule has 1 heterocycles. The fourth-order valence-corrected chi connectivity index (χ4v) is 3.08. The fourth-order valence-electron chi connectivity index (χ4n) is 2.40. The molecular formula is C21H18N4O3S. The zero-order valence-electron chi connectivity index (χ0n) is 15.9. The van der Waals surface area contributed by atoms with Gasteiger partial charge in [-0.3, -0.25) is 10.1 Å². The topological polar surface area (TPSA) is 97.1 Å². The van der Waals surface area contributed by atoms with Crippen LogP contribution in [-0.4, -0.2) is 23.2 Å². The maximum absolute atomic E-state index is 12.4. The van der Waals surface area contributed by atoms with Gasteiger partial charge in [-0.05, 0) is 42.3 Å². The van der Waals surface area contributed by atoms with E-state index in [9.17, 15) is 10.1 Å². The van der Waals surface area contributed by atoms with E-state index in [4.69, 9.17) is 9.47 Å². The summed E-state index contributed by atoms with van der Waals surface area (Å²) in [6, 6.07) is 16.4. The molecule has 3 aromatic rings. The standard InChI is InChI=1S/C21H18N4O3S/c1-3-19-24-25-21(29-19)23-20(26)15(13-22)11-14-9-10-17(18(12-14)27-2)28-16-7-5-4-6-8-16/h4-12H,3H2,1-2H3,(H,23,25,26)/b15-11+. The number of anilines is 1. The van der Waals surface area contributed by atoms with Crippen LogP contribution in [0.15, 0.2) is 54.1 Å². The molecule has 8 heteroatoms. The summed E-state index contributed by atoms with van der Waals surface area (Å²) in [5, 5.41) is 21.0. The Morgan fingerprint density at radius 3 is 2.66 bits per heavy atom. The maximum atomic E-state index is 12.4. The predicted molar refractivity (Wildman–Crippen MR) is 111 cm³/mol. The summed E-state index contributed by atoms with van der Waals surface area (Å²) in [5.74, 6) is 1.14. The van der Waals surface area contributed by atoms with Crippen LogP contribution in [0.3, 0.4) is 0 Å². The number of nitrogens with one attached hydrogen (secondary N) is 1. The Bertz CT molecular complexity index is 1070. The van der Waals surface area contributed by atoms with E-state index in [1.54, 1.807) is 18.2 Å². The van der Waals surface area contributed by atoms with Gasteiger partial charge in [0.15, 0.2) is 11.5 Å². The smallest absolute Gasteiger partial charge is 0.268 e. The van der Waals surface area contributed by atoms with Crippen molar-refractivity contribution in [3.63, 3.8) is 0 Å². The van der Waals surface area contributed by atoms with Gasteiger partial charge in [-0.25, -0.2) is 0 Å². The van der Waals surface area contributed by atoms with Gasteiger partial charge < -0.3 is 9.47 Å². The molecule has 1 amide bonds. The zero-order chi connectivity index (χ0) is 20.6. The molecule has 29 heavy (non-hydrogen) atoms. The van der Waals surface area contributed by atoms with Crippen LogP contribution in [0.1, 0.15) is 17.5 Å². The minimum Gasteiger partial charge on any atom is -0.493 e. The average Bonchev–Trinajstić information content (AvgIpc) is 3.21. The van der Waals surface area contributed by atoms with Crippen molar-refractivity contribution in [3.8, 4) is 23.3 Å². The molecule has 146 valence electrons. The number of para-hydroxylation sites is 1. The first kappa shape index (κ1) is 20.0. The largest absolute Gasteiger partial charge is 0.493 e. The van der Waals surface area contributed by atoms with Crippen LogP contribution in [0.5, 0.6) is 17.2 Å². The Hall–Kier alpha value is -3.70. The van der Waals surface area contributed by atoms with Gasteiger partial charge >= 0.3 is 0 Å². The molecule has 7 nitrogen and oxygen atoms in total. The molecule has 0 aliphatic rings. The first-order valence-corrected chi connectivity index (χ1v) is 9.61. The summed E-state index contributed by atoms with van der Waals surface area (Å²) < 4.78 is 11.2. The van der Waals surface area contributed by atoms with Gasteiger partial charge in [-0.2, -0.15) is 5.26 Å². The van der Waals surface area contributed by atoms with Crippen molar-refractivity contribution in [1.82, 2.24) is 10.2 Å². The molecule has 0 fully saturated rings. The van der Waals surface area contributed by atoms with Crippen molar-refractivity contribution in [2.24, 2.45) is 0 Å². The number of carbonyl (C=O) groups excluding carboxylic acids is 1. The van der Waals surface area contributed by atoms with E-state index in [1.165, 1.54) is 24.5 Å². The highest BCUT2D eigenvalue weighted by Crippen LogP contribution is 2.32. The number of benzene rings is 2. The average molecular weight is 406 g/mol. The second-order valence-corrected chi connectivity index (χ2v) is 6.87. The Morgan fingerprint density at radius 1 is 1.21 bits per heavy atom. The van der Waals surface area contributed by atoms with E-state index >= 15 is 0 Å². The number of amides is 1. The van der Waals surface area contributed by atoms with Crippen LogP contribution in [-0.2, 0) is 11.2 Å². The minimum atomic E-state index is -0.546. The monoisotopic (exact) mass is 406 g/mol. The molecular weight excluding hydrogens is 388 g/mol. The summed E-state index contributed by atoms with van der Waals surface area (Å²) in [5.41, 5.74) is 0.567. The van der Waals surface area contributed by atoms with Gasteiger partial charge in [-0.1, -0.05) is 42.5 Å². The second kappa shape index (κ2) is 9.48. The first-order chi connectivity index (χ1) is 14.1. The van der Waals surface area contributed by atoms with Crippen LogP contribution in [0, 0.1) is 11.3 Å². The number of aryl methyl sites for hydroxylation is 1. The van der Waals surface area contributed by atoms with Crippen molar-refractivity contribution < 1.29 is 14.3 Å². The van der Waals surface area contributed by atoms with E-state index in [1.807, 2.05) is 43.3 Å². The zero-order valence-corrected chi connectivity index (χ0v) is 16.7. The van der Waals surface area contributed by atoms with Crippen molar-refractivity contribution >= 4 is 28.5 Å². The van der Waals surface area contributed by atoms with Crippen LogP contribution in [0.2, 0.25) is 0 Å². The van der Waals surface area contributed by atoms with E-state index < -0.39 is 5.91 Å². The highest BCUT2D eigenvalue weighted by atomic mass is 32.1. The van der Waals surface area contributed by atoms with Gasteiger partial charge in [0.1, 0.15) is 22.4 Å². The number of ether oxygens (including phenoxy) is 2. The summed E-state index contributed by atoms with van der Waals surface area (Å²) in [7, 11) is 1.53. The highest BCUT2D eigenvalue weighted by Gasteiger charge is 2.13. The molecule has 1 aromatic heterocycles. The van der Waals surface area contributed by atoms with Gasteiger partial charge in [0, 0.05) is 0 Å².